The zero-order chi connectivity index (χ0) is 22.3. The second-order valence-electron chi connectivity index (χ2n) is 7.54. The fourth-order valence-corrected chi connectivity index (χ4v) is 3.49. The average molecular weight is 452 g/mol. The first-order valence-corrected chi connectivity index (χ1v) is 10.7. The van der Waals surface area contributed by atoms with Crippen LogP contribution in [0.2, 0.25) is 0 Å². The molecule has 0 saturated heterocycles. The number of amides is 1. The summed E-state index contributed by atoms with van der Waals surface area (Å²) in [5.41, 5.74) is 3.26. The van der Waals surface area contributed by atoms with E-state index in [0.29, 0.717) is 30.5 Å². The number of aryl methyl sites for hydroxylation is 1. The second kappa shape index (κ2) is 10.2. The average Bonchev–Trinajstić information content (AvgIpc) is 3.48. The summed E-state index contributed by atoms with van der Waals surface area (Å²) in [6, 6.07) is 17.7. The Labute approximate surface area is 192 Å². The maximum Gasteiger partial charge on any atom is 0.239 e. The van der Waals surface area contributed by atoms with Gasteiger partial charge in [0.2, 0.25) is 12.7 Å². The fraction of sp³-hybridized carbons (Fsp3) is 0.250. The summed E-state index contributed by atoms with van der Waals surface area (Å²) in [6.45, 7) is 3.86. The van der Waals surface area contributed by atoms with Crippen molar-refractivity contribution in [3.63, 3.8) is 0 Å². The van der Waals surface area contributed by atoms with Gasteiger partial charge in [-0.1, -0.05) is 35.9 Å². The minimum atomic E-state index is -0.154. The van der Waals surface area contributed by atoms with Crippen LogP contribution in [0.1, 0.15) is 22.5 Å². The first kappa shape index (κ1) is 21.7. The first-order chi connectivity index (χ1) is 15.6. The largest absolute Gasteiger partial charge is 0.467 e. The van der Waals surface area contributed by atoms with E-state index in [1.165, 1.54) is 5.56 Å². The van der Waals surface area contributed by atoms with Crippen molar-refractivity contribution in [2.45, 2.75) is 26.6 Å². The Morgan fingerprint density at radius 3 is 2.56 bits per heavy atom. The molecule has 0 saturated carbocycles. The summed E-state index contributed by atoms with van der Waals surface area (Å²) in [6.07, 6.45) is 1.64. The van der Waals surface area contributed by atoms with Crippen LogP contribution in [-0.4, -0.2) is 29.3 Å². The number of hydrogen-bond acceptors (Lipinski definition) is 5. The fourth-order valence-electron chi connectivity index (χ4n) is 3.29. The normalized spacial score (nSPS) is 11.8. The third-order valence-electron chi connectivity index (χ3n) is 5.03. The summed E-state index contributed by atoms with van der Waals surface area (Å²) in [5, 5.41) is 6.44. The van der Waals surface area contributed by atoms with Crippen LogP contribution < -0.4 is 20.1 Å². The van der Waals surface area contributed by atoms with Gasteiger partial charge in [0.15, 0.2) is 16.6 Å². The molecule has 2 N–H and O–H groups in total. The zero-order valence-electron chi connectivity index (χ0n) is 17.8. The van der Waals surface area contributed by atoms with Crippen molar-refractivity contribution in [3.05, 3.63) is 83.3 Å². The summed E-state index contributed by atoms with van der Waals surface area (Å²) < 4.78 is 16.2. The molecule has 7 nitrogen and oxygen atoms in total. The van der Waals surface area contributed by atoms with Gasteiger partial charge in [-0.15, -0.1) is 0 Å². The molecule has 8 heteroatoms. The lowest BCUT2D eigenvalue weighted by molar-refractivity contribution is -0.120. The number of rotatable bonds is 8. The van der Waals surface area contributed by atoms with Crippen LogP contribution >= 0.6 is 12.2 Å². The molecule has 2 heterocycles. The number of carbonyl (C=O) groups excluding carboxylic acids is 1. The van der Waals surface area contributed by atoms with E-state index in [-0.39, 0.29) is 19.2 Å². The first-order valence-electron chi connectivity index (χ1n) is 10.3. The highest BCUT2D eigenvalue weighted by Crippen LogP contribution is 2.32. The van der Waals surface area contributed by atoms with E-state index >= 15 is 0 Å². The Kier molecular flexibility index (Phi) is 6.91. The van der Waals surface area contributed by atoms with E-state index in [9.17, 15) is 4.79 Å². The molecule has 1 aromatic heterocycles. The highest BCUT2D eigenvalue weighted by Gasteiger charge is 2.15. The van der Waals surface area contributed by atoms with E-state index in [2.05, 4.69) is 41.8 Å². The lowest BCUT2D eigenvalue weighted by Gasteiger charge is -2.25. The summed E-state index contributed by atoms with van der Waals surface area (Å²) >= 11 is 5.59. The number of nitrogens with zero attached hydrogens (tertiary/aromatic N) is 1. The number of furan rings is 1. The molecule has 1 aliphatic rings. The number of fused-ring (bicyclic) bond motifs is 1. The molecule has 0 radical (unpaired) electrons. The van der Waals surface area contributed by atoms with Crippen molar-refractivity contribution < 1.29 is 18.7 Å². The molecule has 3 aromatic rings. The minimum absolute atomic E-state index is 0.0753. The van der Waals surface area contributed by atoms with Crippen molar-refractivity contribution in [3.8, 4) is 11.5 Å². The van der Waals surface area contributed by atoms with Gasteiger partial charge < -0.3 is 29.4 Å². The van der Waals surface area contributed by atoms with Crippen molar-refractivity contribution >= 4 is 23.2 Å². The molecular weight excluding hydrogens is 426 g/mol. The molecule has 2 aromatic carbocycles. The van der Waals surface area contributed by atoms with Gasteiger partial charge in [-0.2, -0.15) is 0 Å². The number of hydrogen-bond donors (Lipinski definition) is 2. The Bertz CT molecular complexity index is 1070. The molecular formula is C24H25N3O4S. The quantitative estimate of drug-likeness (QED) is 0.508. The van der Waals surface area contributed by atoms with Crippen molar-refractivity contribution in [2.75, 3.05) is 13.3 Å². The maximum atomic E-state index is 12.4. The zero-order valence-corrected chi connectivity index (χ0v) is 18.6. The van der Waals surface area contributed by atoms with Gasteiger partial charge in [0.25, 0.3) is 0 Å². The highest BCUT2D eigenvalue weighted by atomic mass is 32.1. The highest BCUT2D eigenvalue weighted by molar-refractivity contribution is 7.80. The lowest BCUT2D eigenvalue weighted by Crippen LogP contribution is -2.43. The van der Waals surface area contributed by atoms with Crippen LogP contribution in [0.3, 0.4) is 0 Å². The van der Waals surface area contributed by atoms with E-state index < -0.39 is 0 Å². The predicted molar refractivity (Wildman–Crippen MR) is 124 cm³/mol. The van der Waals surface area contributed by atoms with Gasteiger partial charge in [-0.25, -0.2) is 0 Å². The SMILES string of the molecule is Cc1ccc(CN(Cc2ccco2)C(=S)NCC(=O)NCc2ccc3c(c2)OCO3)cc1. The second-order valence-corrected chi connectivity index (χ2v) is 7.93. The summed E-state index contributed by atoms with van der Waals surface area (Å²) in [4.78, 5) is 14.3. The number of nitrogens with one attached hydrogen (secondary N) is 2. The molecule has 1 amide bonds. The van der Waals surface area contributed by atoms with Crippen LogP contribution in [0.25, 0.3) is 0 Å². The van der Waals surface area contributed by atoms with E-state index in [1.807, 2.05) is 35.2 Å². The molecule has 0 spiro atoms. The van der Waals surface area contributed by atoms with Gasteiger partial charge in [0.1, 0.15) is 5.76 Å². The topological polar surface area (TPSA) is 76.0 Å². The molecule has 1 aliphatic heterocycles. The summed E-state index contributed by atoms with van der Waals surface area (Å²) in [5.74, 6) is 2.06. The standard InChI is InChI=1S/C24H25N3O4S/c1-17-4-6-18(7-5-17)14-27(15-20-3-2-10-29-20)24(32)26-13-23(28)25-12-19-8-9-21-22(11-19)31-16-30-21/h2-11H,12-16H2,1H3,(H,25,28)(H,26,32). The predicted octanol–water partition coefficient (Wildman–Crippen LogP) is 3.51. The molecule has 0 bridgehead atoms. The molecule has 4 rings (SSSR count). The monoisotopic (exact) mass is 451 g/mol. The Morgan fingerprint density at radius 2 is 1.78 bits per heavy atom. The van der Waals surface area contributed by atoms with Gasteiger partial charge in [0, 0.05) is 13.1 Å². The molecule has 0 aliphatic carbocycles. The van der Waals surface area contributed by atoms with Crippen molar-refractivity contribution in [2.24, 2.45) is 0 Å². The third-order valence-corrected chi connectivity index (χ3v) is 5.44. The number of carbonyl (C=O) groups is 1. The molecule has 0 fully saturated rings. The molecule has 166 valence electrons. The minimum Gasteiger partial charge on any atom is -0.467 e. The summed E-state index contributed by atoms with van der Waals surface area (Å²) in [7, 11) is 0. The van der Waals surface area contributed by atoms with Gasteiger partial charge in [0.05, 0.1) is 19.4 Å². The van der Waals surface area contributed by atoms with Crippen molar-refractivity contribution in [1.82, 2.24) is 15.5 Å². The Hall–Kier alpha value is -3.52. The van der Waals surface area contributed by atoms with Gasteiger partial charge in [-0.3, -0.25) is 4.79 Å². The van der Waals surface area contributed by atoms with Gasteiger partial charge in [-0.05, 0) is 54.5 Å². The molecule has 32 heavy (non-hydrogen) atoms. The van der Waals surface area contributed by atoms with Crippen molar-refractivity contribution in [1.29, 1.82) is 0 Å². The van der Waals surface area contributed by atoms with Gasteiger partial charge >= 0.3 is 0 Å². The molecule has 0 atom stereocenters. The number of thiocarbonyl (C=S) groups is 1. The number of ether oxygens (including phenoxy) is 2. The molecule has 0 unspecified atom stereocenters. The van der Waals surface area contributed by atoms with Crippen LogP contribution in [-0.2, 0) is 24.4 Å². The Morgan fingerprint density at radius 1 is 1.00 bits per heavy atom. The van der Waals surface area contributed by atoms with E-state index in [1.54, 1.807) is 6.26 Å². The lowest BCUT2D eigenvalue weighted by atomic mass is 10.1. The third kappa shape index (κ3) is 5.79. The Balaban J connectivity index is 1.30. The maximum absolute atomic E-state index is 12.4. The van der Waals surface area contributed by atoms with Crippen LogP contribution in [0.5, 0.6) is 11.5 Å². The van der Waals surface area contributed by atoms with E-state index in [0.717, 1.165) is 22.6 Å². The van der Waals surface area contributed by atoms with E-state index in [4.69, 9.17) is 26.1 Å². The van der Waals surface area contributed by atoms with Crippen LogP contribution in [0, 0.1) is 6.92 Å². The van der Waals surface area contributed by atoms with Crippen LogP contribution in [0.4, 0.5) is 0 Å². The van der Waals surface area contributed by atoms with Crippen LogP contribution in [0.15, 0.2) is 65.3 Å². The number of benzene rings is 2. The smallest absolute Gasteiger partial charge is 0.239 e.